The van der Waals surface area contributed by atoms with E-state index in [4.69, 9.17) is 4.74 Å². The Labute approximate surface area is 144 Å². The average Bonchev–Trinajstić information content (AvgIpc) is 2.86. The van der Waals surface area contributed by atoms with Gasteiger partial charge in [0.05, 0.1) is 18.8 Å². The van der Waals surface area contributed by atoms with E-state index in [2.05, 4.69) is 15.1 Å². The van der Waals surface area contributed by atoms with Gasteiger partial charge in [-0.15, -0.1) is 10.2 Å². The van der Waals surface area contributed by atoms with Crippen LogP contribution in [0.3, 0.4) is 0 Å². The second kappa shape index (κ2) is 7.19. The van der Waals surface area contributed by atoms with E-state index in [0.717, 1.165) is 57.2 Å². The Bertz CT molecular complexity index is 570. The van der Waals surface area contributed by atoms with Crippen LogP contribution < -0.4 is 0 Å². The first-order valence-corrected chi connectivity index (χ1v) is 8.95. The van der Waals surface area contributed by atoms with E-state index in [0.29, 0.717) is 5.91 Å². The Hall–Kier alpha value is -1.47. The molecule has 2 saturated heterocycles. The van der Waals surface area contributed by atoms with E-state index in [1.807, 2.05) is 37.3 Å². The third-order valence-corrected chi connectivity index (χ3v) is 5.22. The number of carbonyl (C=O) groups is 1. The van der Waals surface area contributed by atoms with Gasteiger partial charge < -0.3 is 14.2 Å². The van der Waals surface area contributed by atoms with Crippen molar-refractivity contribution in [1.82, 2.24) is 24.6 Å². The van der Waals surface area contributed by atoms with Crippen LogP contribution in [0.25, 0.3) is 0 Å². The molecule has 0 radical (unpaired) electrons. The zero-order valence-corrected chi connectivity index (χ0v) is 15.2. The number of aromatic nitrogens is 3. The van der Waals surface area contributed by atoms with E-state index in [9.17, 15) is 4.79 Å². The number of amides is 1. The molecule has 2 aliphatic heterocycles. The molecule has 7 nitrogen and oxygen atoms in total. The number of morpholine rings is 1. The van der Waals surface area contributed by atoms with Crippen LogP contribution in [0.15, 0.2) is 0 Å². The van der Waals surface area contributed by atoms with E-state index >= 15 is 0 Å². The minimum Gasteiger partial charge on any atom is -0.372 e. The van der Waals surface area contributed by atoms with E-state index in [1.165, 1.54) is 0 Å². The van der Waals surface area contributed by atoms with Gasteiger partial charge in [0.2, 0.25) is 5.91 Å². The molecular weight excluding hydrogens is 306 g/mol. The van der Waals surface area contributed by atoms with Gasteiger partial charge in [0, 0.05) is 26.1 Å². The lowest BCUT2D eigenvalue weighted by Crippen LogP contribution is -2.51. The molecule has 0 bridgehead atoms. The summed E-state index contributed by atoms with van der Waals surface area (Å²) in [5, 5.41) is 8.35. The summed E-state index contributed by atoms with van der Waals surface area (Å²) in [6, 6.07) is 0. The maximum absolute atomic E-state index is 12.8. The maximum atomic E-state index is 12.8. The monoisotopic (exact) mass is 335 g/mol. The van der Waals surface area contributed by atoms with Crippen molar-refractivity contribution >= 4 is 5.91 Å². The predicted octanol–water partition coefficient (Wildman–Crippen LogP) is 0.971. The summed E-state index contributed by atoms with van der Waals surface area (Å²) in [4.78, 5) is 17.2. The van der Waals surface area contributed by atoms with Crippen LogP contribution >= 0.6 is 0 Å². The number of nitrogens with zero attached hydrogens (tertiary/aromatic N) is 5. The first-order valence-electron chi connectivity index (χ1n) is 8.95. The van der Waals surface area contributed by atoms with Gasteiger partial charge in [0.15, 0.2) is 0 Å². The molecule has 0 aromatic carbocycles. The van der Waals surface area contributed by atoms with E-state index in [-0.39, 0.29) is 18.1 Å². The quantitative estimate of drug-likeness (QED) is 0.824. The normalized spacial score (nSPS) is 26.8. The fourth-order valence-corrected chi connectivity index (χ4v) is 3.74. The first kappa shape index (κ1) is 17.4. The molecule has 0 spiro atoms. The standard InChI is InChI=1S/C17H29N5O2/c1-12-9-22(10-13(2)24-12)17(23)15-5-7-21(8-6-15)11-16-19-18-14(3)20(16)4/h12-13,15H,5-11H2,1-4H3/t12-,13-/m1/s1. The maximum Gasteiger partial charge on any atom is 0.225 e. The van der Waals surface area contributed by atoms with Gasteiger partial charge in [-0.25, -0.2) is 0 Å². The van der Waals surface area contributed by atoms with Crippen LogP contribution in [0.2, 0.25) is 0 Å². The molecule has 0 aliphatic carbocycles. The van der Waals surface area contributed by atoms with Gasteiger partial charge in [0.1, 0.15) is 11.6 Å². The SMILES string of the molecule is Cc1nnc(CN2CCC(C(=O)N3C[C@@H](C)O[C@H](C)C3)CC2)n1C. The first-order chi connectivity index (χ1) is 11.4. The molecule has 1 amide bonds. The van der Waals surface area contributed by atoms with E-state index < -0.39 is 0 Å². The fraction of sp³-hybridized carbons (Fsp3) is 0.824. The Balaban J connectivity index is 1.51. The molecule has 2 aliphatic rings. The highest BCUT2D eigenvalue weighted by atomic mass is 16.5. The van der Waals surface area contributed by atoms with Crippen molar-refractivity contribution in [3.05, 3.63) is 11.6 Å². The van der Waals surface area contributed by atoms with Gasteiger partial charge in [-0.3, -0.25) is 9.69 Å². The summed E-state index contributed by atoms with van der Waals surface area (Å²) < 4.78 is 7.77. The average molecular weight is 335 g/mol. The van der Waals surface area contributed by atoms with Crippen molar-refractivity contribution < 1.29 is 9.53 Å². The van der Waals surface area contributed by atoms with Crippen molar-refractivity contribution in [1.29, 1.82) is 0 Å². The zero-order chi connectivity index (χ0) is 17.3. The number of hydrogen-bond acceptors (Lipinski definition) is 5. The van der Waals surface area contributed by atoms with Crippen molar-refractivity contribution in [2.24, 2.45) is 13.0 Å². The number of piperidine rings is 1. The highest BCUT2D eigenvalue weighted by Gasteiger charge is 2.32. The molecule has 3 heterocycles. The molecule has 134 valence electrons. The van der Waals surface area contributed by atoms with Gasteiger partial charge >= 0.3 is 0 Å². The molecule has 7 heteroatoms. The van der Waals surface area contributed by atoms with Crippen molar-refractivity contribution in [2.45, 2.75) is 52.4 Å². The summed E-state index contributed by atoms with van der Waals surface area (Å²) in [5.74, 6) is 2.39. The van der Waals surface area contributed by atoms with Crippen LogP contribution in [-0.2, 0) is 23.1 Å². The zero-order valence-electron chi connectivity index (χ0n) is 15.2. The lowest BCUT2D eigenvalue weighted by atomic mass is 9.94. The molecule has 2 fully saturated rings. The molecule has 3 rings (SSSR count). The number of ether oxygens (including phenoxy) is 1. The summed E-state index contributed by atoms with van der Waals surface area (Å²) in [6.07, 6.45) is 2.12. The van der Waals surface area contributed by atoms with Gasteiger partial charge in [0.25, 0.3) is 0 Å². The molecule has 0 N–H and O–H groups in total. The van der Waals surface area contributed by atoms with Crippen LogP contribution in [0.5, 0.6) is 0 Å². The van der Waals surface area contributed by atoms with Gasteiger partial charge in [-0.2, -0.15) is 0 Å². The summed E-state index contributed by atoms with van der Waals surface area (Å²) in [7, 11) is 2.00. The van der Waals surface area contributed by atoms with Crippen molar-refractivity contribution in [3.63, 3.8) is 0 Å². The molecule has 0 saturated carbocycles. The Morgan fingerprint density at radius 3 is 2.33 bits per heavy atom. The van der Waals surface area contributed by atoms with Gasteiger partial charge in [-0.05, 0) is 46.7 Å². The Morgan fingerprint density at radius 2 is 1.79 bits per heavy atom. The minimum atomic E-state index is 0.136. The smallest absolute Gasteiger partial charge is 0.225 e. The molecule has 2 atom stereocenters. The second-order valence-electron chi connectivity index (χ2n) is 7.27. The second-order valence-corrected chi connectivity index (χ2v) is 7.27. The van der Waals surface area contributed by atoms with Crippen LogP contribution in [0, 0.1) is 12.8 Å². The highest BCUT2D eigenvalue weighted by Crippen LogP contribution is 2.23. The van der Waals surface area contributed by atoms with Crippen molar-refractivity contribution in [3.8, 4) is 0 Å². The minimum absolute atomic E-state index is 0.136. The van der Waals surface area contributed by atoms with Gasteiger partial charge in [-0.1, -0.05) is 0 Å². The number of aryl methyl sites for hydroxylation is 1. The summed E-state index contributed by atoms with van der Waals surface area (Å²) >= 11 is 0. The van der Waals surface area contributed by atoms with E-state index in [1.54, 1.807) is 0 Å². The topological polar surface area (TPSA) is 63.5 Å². The number of carbonyl (C=O) groups excluding carboxylic acids is 1. The third kappa shape index (κ3) is 3.78. The van der Waals surface area contributed by atoms with Crippen molar-refractivity contribution in [2.75, 3.05) is 26.2 Å². The third-order valence-electron chi connectivity index (χ3n) is 5.22. The lowest BCUT2D eigenvalue weighted by Gasteiger charge is -2.39. The molecule has 24 heavy (non-hydrogen) atoms. The number of hydrogen-bond donors (Lipinski definition) is 0. The Morgan fingerprint density at radius 1 is 1.17 bits per heavy atom. The summed E-state index contributed by atoms with van der Waals surface area (Å²) in [5.41, 5.74) is 0. The largest absolute Gasteiger partial charge is 0.372 e. The molecule has 0 unspecified atom stereocenters. The molecular formula is C17H29N5O2. The Kier molecular flexibility index (Phi) is 5.20. The number of likely N-dealkylation sites (tertiary alicyclic amines) is 1. The number of rotatable bonds is 3. The lowest BCUT2D eigenvalue weighted by molar-refractivity contribution is -0.148. The van der Waals surface area contributed by atoms with Crippen LogP contribution in [0.4, 0.5) is 0 Å². The molecule has 1 aromatic heterocycles. The summed E-state index contributed by atoms with van der Waals surface area (Å²) in [6.45, 7) is 10.2. The fourth-order valence-electron chi connectivity index (χ4n) is 3.74. The highest BCUT2D eigenvalue weighted by molar-refractivity contribution is 5.79. The predicted molar refractivity (Wildman–Crippen MR) is 90.3 cm³/mol. The molecule has 1 aromatic rings. The van der Waals surface area contributed by atoms with Crippen LogP contribution in [0.1, 0.15) is 38.3 Å². The van der Waals surface area contributed by atoms with Crippen LogP contribution in [-0.4, -0.2) is 68.9 Å².